The first-order valence-corrected chi connectivity index (χ1v) is 5.23. The van der Waals surface area contributed by atoms with Gasteiger partial charge in [0.15, 0.2) is 6.29 Å². The molecular weight excluding hydrogens is 205 g/mol. The average molecular weight is 221 g/mol. The Labute approximate surface area is 95.4 Å². The molecule has 0 aromatic heterocycles. The van der Waals surface area contributed by atoms with Crippen molar-refractivity contribution in [2.75, 3.05) is 11.4 Å². The van der Waals surface area contributed by atoms with Crippen LogP contribution in [0.1, 0.15) is 24.2 Å². The molecule has 0 radical (unpaired) electrons. The number of carbonyl (C=O) groups excluding carboxylic acids is 1. The molecule has 0 saturated carbocycles. The van der Waals surface area contributed by atoms with Gasteiger partial charge in [-0.25, -0.2) is 4.39 Å². The van der Waals surface area contributed by atoms with Crippen molar-refractivity contribution in [1.29, 1.82) is 0 Å². The zero-order valence-corrected chi connectivity index (χ0v) is 9.61. The Morgan fingerprint density at radius 3 is 2.69 bits per heavy atom. The van der Waals surface area contributed by atoms with Gasteiger partial charge in [-0.1, -0.05) is 12.1 Å². The molecule has 0 aliphatic carbocycles. The molecule has 86 valence electrons. The molecule has 0 amide bonds. The van der Waals surface area contributed by atoms with E-state index in [1.165, 1.54) is 12.1 Å². The standard InChI is InChI=1S/C13H16FNO/c1-4-8-15(10(2)3)13-11(9-16)6-5-7-12(13)14/h4-7,9-10H,1,8H2,2-3H3. The predicted molar refractivity (Wildman–Crippen MR) is 64.5 cm³/mol. The lowest BCUT2D eigenvalue weighted by Gasteiger charge is -2.29. The number of carbonyl (C=O) groups is 1. The lowest BCUT2D eigenvalue weighted by atomic mass is 10.1. The van der Waals surface area contributed by atoms with E-state index in [2.05, 4.69) is 6.58 Å². The third-order valence-electron chi connectivity index (χ3n) is 2.38. The van der Waals surface area contributed by atoms with E-state index in [1.807, 2.05) is 18.7 Å². The van der Waals surface area contributed by atoms with Crippen LogP contribution >= 0.6 is 0 Å². The van der Waals surface area contributed by atoms with E-state index in [0.29, 0.717) is 24.1 Å². The van der Waals surface area contributed by atoms with Crippen LogP contribution in [0.3, 0.4) is 0 Å². The summed E-state index contributed by atoms with van der Waals surface area (Å²) in [4.78, 5) is 12.7. The van der Waals surface area contributed by atoms with Gasteiger partial charge in [0, 0.05) is 18.2 Å². The largest absolute Gasteiger partial charge is 0.362 e. The molecule has 3 heteroatoms. The number of hydrogen-bond donors (Lipinski definition) is 0. The molecule has 0 bridgehead atoms. The quantitative estimate of drug-likeness (QED) is 0.562. The van der Waals surface area contributed by atoms with Crippen LogP contribution in [0.4, 0.5) is 10.1 Å². The van der Waals surface area contributed by atoms with Gasteiger partial charge >= 0.3 is 0 Å². The number of para-hydroxylation sites is 1. The molecule has 0 aliphatic rings. The Kier molecular flexibility index (Phi) is 4.23. The summed E-state index contributed by atoms with van der Waals surface area (Å²) < 4.78 is 13.7. The number of halogens is 1. The summed E-state index contributed by atoms with van der Waals surface area (Å²) in [5.74, 6) is -0.375. The van der Waals surface area contributed by atoms with Gasteiger partial charge in [0.1, 0.15) is 5.82 Å². The van der Waals surface area contributed by atoms with Crippen molar-refractivity contribution in [1.82, 2.24) is 0 Å². The molecule has 2 nitrogen and oxygen atoms in total. The Hall–Kier alpha value is -1.64. The molecule has 0 fully saturated rings. The van der Waals surface area contributed by atoms with E-state index in [4.69, 9.17) is 0 Å². The summed E-state index contributed by atoms with van der Waals surface area (Å²) in [6.07, 6.45) is 2.37. The highest BCUT2D eigenvalue weighted by Gasteiger charge is 2.17. The summed E-state index contributed by atoms with van der Waals surface area (Å²) in [6.45, 7) is 8.05. The van der Waals surface area contributed by atoms with Crippen molar-refractivity contribution in [2.24, 2.45) is 0 Å². The molecular formula is C13H16FNO. The molecule has 1 aromatic carbocycles. The number of anilines is 1. The summed E-state index contributed by atoms with van der Waals surface area (Å²) in [5.41, 5.74) is 0.725. The van der Waals surface area contributed by atoms with Crippen LogP contribution in [0.25, 0.3) is 0 Å². The molecule has 0 unspecified atom stereocenters. The average Bonchev–Trinajstić information content (AvgIpc) is 2.26. The fraction of sp³-hybridized carbons (Fsp3) is 0.308. The fourth-order valence-electron chi connectivity index (χ4n) is 1.63. The van der Waals surface area contributed by atoms with Gasteiger partial charge in [-0.2, -0.15) is 0 Å². The van der Waals surface area contributed by atoms with E-state index in [0.717, 1.165) is 0 Å². The lowest BCUT2D eigenvalue weighted by Crippen LogP contribution is -2.32. The van der Waals surface area contributed by atoms with Crippen molar-refractivity contribution in [3.63, 3.8) is 0 Å². The predicted octanol–water partition coefficient (Wildman–Crippen LogP) is 3.04. The van der Waals surface area contributed by atoms with Crippen molar-refractivity contribution < 1.29 is 9.18 Å². The number of benzene rings is 1. The molecule has 0 aliphatic heterocycles. The van der Waals surface area contributed by atoms with Crippen molar-refractivity contribution in [2.45, 2.75) is 19.9 Å². The zero-order valence-electron chi connectivity index (χ0n) is 9.61. The Morgan fingerprint density at radius 2 is 2.19 bits per heavy atom. The molecule has 0 saturated heterocycles. The lowest BCUT2D eigenvalue weighted by molar-refractivity contribution is 0.112. The topological polar surface area (TPSA) is 20.3 Å². The molecule has 1 rings (SSSR count). The van der Waals surface area contributed by atoms with Crippen LogP contribution in [0, 0.1) is 5.82 Å². The van der Waals surface area contributed by atoms with E-state index in [-0.39, 0.29) is 11.9 Å². The fourth-order valence-corrected chi connectivity index (χ4v) is 1.63. The van der Waals surface area contributed by atoms with Crippen molar-refractivity contribution >= 4 is 12.0 Å². The summed E-state index contributed by atoms with van der Waals surface area (Å²) >= 11 is 0. The molecule has 1 aromatic rings. The van der Waals surface area contributed by atoms with Crippen LogP contribution in [0.2, 0.25) is 0 Å². The summed E-state index contributed by atoms with van der Waals surface area (Å²) in [5, 5.41) is 0. The SMILES string of the molecule is C=CCN(c1c(F)cccc1C=O)C(C)C. The maximum Gasteiger partial charge on any atom is 0.152 e. The molecule has 0 spiro atoms. The van der Waals surface area contributed by atoms with E-state index < -0.39 is 0 Å². The second kappa shape index (κ2) is 5.45. The van der Waals surface area contributed by atoms with Crippen LogP contribution in [-0.2, 0) is 0 Å². The number of hydrogen-bond acceptors (Lipinski definition) is 2. The Bertz CT molecular complexity index is 388. The van der Waals surface area contributed by atoms with Gasteiger partial charge < -0.3 is 4.90 Å². The highest BCUT2D eigenvalue weighted by Crippen LogP contribution is 2.25. The third kappa shape index (κ3) is 2.48. The summed E-state index contributed by atoms with van der Waals surface area (Å²) in [6, 6.07) is 4.62. The van der Waals surface area contributed by atoms with Crippen molar-refractivity contribution in [3.8, 4) is 0 Å². The maximum absolute atomic E-state index is 13.7. The first-order chi connectivity index (χ1) is 7.61. The zero-order chi connectivity index (χ0) is 12.1. The van der Waals surface area contributed by atoms with Gasteiger partial charge in [-0.3, -0.25) is 4.79 Å². The highest BCUT2D eigenvalue weighted by atomic mass is 19.1. The van der Waals surface area contributed by atoms with Crippen LogP contribution in [-0.4, -0.2) is 18.9 Å². The summed E-state index contributed by atoms with van der Waals surface area (Å²) in [7, 11) is 0. The van der Waals surface area contributed by atoms with Crippen LogP contribution in [0.15, 0.2) is 30.9 Å². The first-order valence-electron chi connectivity index (χ1n) is 5.23. The Balaban J connectivity index is 3.26. The van der Waals surface area contributed by atoms with Crippen molar-refractivity contribution in [3.05, 3.63) is 42.2 Å². The van der Waals surface area contributed by atoms with E-state index in [9.17, 15) is 9.18 Å². The minimum absolute atomic E-state index is 0.105. The first kappa shape index (κ1) is 12.4. The molecule has 16 heavy (non-hydrogen) atoms. The molecule has 0 N–H and O–H groups in total. The second-order valence-corrected chi connectivity index (χ2v) is 3.83. The van der Waals surface area contributed by atoms with Crippen LogP contribution < -0.4 is 4.90 Å². The molecule has 0 heterocycles. The molecule has 0 atom stereocenters. The number of nitrogens with zero attached hydrogens (tertiary/aromatic N) is 1. The van der Waals surface area contributed by atoms with Gasteiger partial charge in [0.2, 0.25) is 0 Å². The monoisotopic (exact) mass is 221 g/mol. The van der Waals surface area contributed by atoms with Gasteiger partial charge in [0.05, 0.1) is 5.69 Å². The van der Waals surface area contributed by atoms with Gasteiger partial charge in [-0.05, 0) is 26.0 Å². The second-order valence-electron chi connectivity index (χ2n) is 3.83. The van der Waals surface area contributed by atoms with Gasteiger partial charge in [-0.15, -0.1) is 6.58 Å². The van der Waals surface area contributed by atoms with Gasteiger partial charge in [0.25, 0.3) is 0 Å². The van der Waals surface area contributed by atoms with E-state index >= 15 is 0 Å². The minimum atomic E-state index is -0.375. The highest BCUT2D eigenvalue weighted by molar-refractivity contribution is 5.85. The minimum Gasteiger partial charge on any atom is -0.362 e. The van der Waals surface area contributed by atoms with E-state index in [1.54, 1.807) is 12.1 Å². The van der Waals surface area contributed by atoms with Crippen LogP contribution in [0.5, 0.6) is 0 Å². The smallest absolute Gasteiger partial charge is 0.152 e. The maximum atomic E-state index is 13.7. The Morgan fingerprint density at radius 1 is 1.50 bits per heavy atom. The number of aldehydes is 1. The normalized spacial score (nSPS) is 10.2. The third-order valence-corrected chi connectivity index (χ3v) is 2.38. The number of rotatable bonds is 5.